The van der Waals surface area contributed by atoms with Gasteiger partial charge in [-0.25, -0.2) is 0 Å². The van der Waals surface area contributed by atoms with Gasteiger partial charge in [-0.05, 0) is 25.7 Å². The van der Waals surface area contributed by atoms with Crippen molar-refractivity contribution in [3.63, 3.8) is 0 Å². The molecule has 0 aliphatic rings. The molecule has 2 heteroatoms. The minimum absolute atomic E-state index is 0.187. The molecule has 0 saturated carbocycles. The maximum absolute atomic E-state index is 11.3. The van der Waals surface area contributed by atoms with Crippen molar-refractivity contribution in [1.82, 2.24) is 0 Å². The molecular weight excluding hydrogens is 187 g/mol. The van der Waals surface area contributed by atoms with E-state index in [0.29, 0.717) is 6.42 Å². The van der Waals surface area contributed by atoms with Crippen molar-refractivity contribution in [2.45, 2.75) is 45.4 Å². The number of halogens is 2. The molecule has 0 fully saturated rings. The summed E-state index contributed by atoms with van der Waals surface area (Å²) >= 11 is 5.38. The van der Waals surface area contributed by atoms with E-state index in [0.717, 1.165) is 18.7 Å². The Morgan fingerprint density at radius 2 is 1.92 bits per heavy atom. The maximum Gasteiger partial charge on any atom is 0.0894 e. The first-order chi connectivity index (χ1) is 6.33. The van der Waals surface area contributed by atoms with Crippen LogP contribution < -0.4 is 0 Å². The Morgan fingerprint density at radius 1 is 1.23 bits per heavy atom. The molecule has 13 heavy (non-hydrogen) atoms. The molecule has 0 unspecified atom stereocenters. The molecule has 80 valence electrons. The van der Waals surface area contributed by atoms with Crippen LogP contribution in [0.4, 0.5) is 4.39 Å². The highest BCUT2D eigenvalue weighted by Gasteiger charge is 1.79. The van der Waals surface area contributed by atoms with Gasteiger partial charge in [0, 0.05) is 5.88 Å². The Balaban J connectivity index is 0. The minimum atomic E-state index is -0.187. The topological polar surface area (TPSA) is 0 Å². The van der Waals surface area contributed by atoms with Crippen molar-refractivity contribution in [3.05, 3.63) is 12.7 Å². The molecule has 0 heterocycles. The molecule has 0 atom stereocenters. The number of alkyl halides is 2. The van der Waals surface area contributed by atoms with E-state index in [9.17, 15) is 4.39 Å². The lowest BCUT2D eigenvalue weighted by Crippen LogP contribution is -1.73. The SMILES string of the molecule is C=CCCCCF.CCCCCCl. The van der Waals surface area contributed by atoms with Crippen LogP contribution in [0, 0.1) is 0 Å². The summed E-state index contributed by atoms with van der Waals surface area (Å²) in [5, 5.41) is 0. The Hall–Kier alpha value is -0.0400. The zero-order chi connectivity index (χ0) is 10.4. The molecule has 0 radical (unpaired) electrons. The van der Waals surface area contributed by atoms with Crippen LogP contribution in [0.25, 0.3) is 0 Å². The summed E-state index contributed by atoms with van der Waals surface area (Å²) in [6.07, 6.45) is 8.12. The second-order valence-corrected chi connectivity index (χ2v) is 3.25. The maximum atomic E-state index is 11.3. The van der Waals surface area contributed by atoms with Gasteiger partial charge in [-0.3, -0.25) is 4.39 Å². The lowest BCUT2D eigenvalue weighted by Gasteiger charge is -1.85. The second-order valence-electron chi connectivity index (χ2n) is 2.87. The monoisotopic (exact) mass is 208 g/mol. The van der Waals surface area contributed by atoms with E-state index in [4.69, 9.17) is 11.6 Å². The van der Waals surface area contributed by atoms with E-state index < -0.39 is 0 Å². The molecule has 0 saturated heterocycles. The van der Waals surface area contributed by atoms with Gasteiger partial charge in [0.2, 0.25) is 0 Å². The highest BCUT2D eigenvalue weighted by atomic mass is 35.5. The fourth-order valence-electron chi connectivity index (χ4n) is 0.728. The van der Waals surface area contributed by atoms with Crippen LogP contribution in [-0.4, -0.2) is 12.6 Å². The summed E-state index contributed by atoms with van der Waals surface area (Å²) in [4.78, 5) is 0. The average molecular weight is 209 g/mol. The largest absolute Gasteiger partial charge is 0.251 e. The highest BCUT2D eigenvalue weighted by Crippen LogP contribution is 1.94. The van der Waals surface area contributed by atoms with E-state index in [1.165, 1.54) is 19.3 Å². The predicted octanol–water partition coefficient (Wildman–Crippen LogP) is 4.73. The molecule has 0 N–H and O–H groups in total. The van der Waals surface area contributed by atoms with Gasteiger partial charge in [0.25, 0.3) is 0 Å². The number of hydrogen-bond donors (Lipinski definition) is 0. The normalized spacial score (nSPS) is 8.85. The van der Waals surface area contributed by atoms with Gasteiger partial charge in [-0.15, -0.1) is 18.2 Å². The summed E-state index contributed by atoms with van der Waals surface area (Å²) in [6.45, 7) is 5.50. The first-order valence-corrected chi connectivity index (χ1v) is 5.59. The van der Waals surface area contributed by atoms with Crippen molar-refractivity contribution in [3.8, 4) is 0 Å². The zero-order valence-corrected chi connectivity index (χ0v) is 9.45. The van der Waals surface area contributed by atoms with E-state index in [2.05, 4.69) is 13.5 Å². The lowest BCUT2D eigenvalue weighted by atomic mass is 10.2. The van der Waals surface area contributed by atoms with Gasteiger partial charge < -0.3 is 0 Å². The highest BCUT2D eigenvalue weighted by molar-refractivity contribution is 6.17. The summed E-state index contributed by atoms with van der Waals surface area (Å²) in [5.41, 5.74) is 0. The second kappa shape index (κ2) is 17.9. The van der Waals surface area contributed by atoms with Gasteiger partial charge in [-0.1, -0.05) is 25.8 Å². The van der Waals surface area contributed by atoms with Gasteiger partial charge in [0.1, 0.15) is 0 Å². The van der Waals surface area contributed by atoms with Crippen molar-refractivity contribution in [2.75, 3.05) is 12.6 Å². The fraction of sp³-hybridized carbons (Fsp3) is 0.818. The summed E-state index contributed by atoms with van der Waals surface area (Å²) in [6, 6.07) is 0. The van der Waals surface area contributed by atoms with E-state index in [-0.39, 0.29) is 6.67 Å². The molecule has 0 amide bonds. The summed E-state index contributed by atoms with van der Waals surface area (Å²) in [5.74, 6) is 0.827. The molecule has 0 nitrogen and oxygen atoms in total. The Morgan fingerprint density at radius 3 is 2.23 bits per heavy atom. The predicted molar refractivity (Wildman–Crippen MR) is 60.3 cm³/mol. The van der Waals surface area contributed by atoms with E-state index >= 15 is 0 Å². The Labute approximate surface area is 87.2 Å². The molecule has 0 aliphatic heterocycles. The lowest BCUT2D eigenvalue weighted by molar-refractivity contribution is 0.463. The summed E-state index contributed by atoms with van der Waals surface area (Å²) in [7, 11) is 0. The third kappa shape index (κ3) is 24.5. The third-order valence-corrected chi connectivity index (χ3v) is 1.80. The van der Waals surface area contributed by atoms with Crippen molar-refractivity contribution in [1.29, 1.82) is 0 Å². The van der Waals surface area contributed by atoms with Gasteiger partial charge >= 0.3 is 0 Å². The Kier molecular flexibility index (Phi) is 21.2. The molecule has 0 aromatic heterocycles. The molecule has 0 spiro atoms. The number of allylic oxidation sites excluding steroid dienone is 1. The molecule has 0 bridgehead atoms. The van der Waals surface area contributed by atoms with Crippen LogP contribution in [0.2, 0.25) is 0 Å². The van der Waals surface area contributed by atoms with Crippen molar-refractivity contribution < 1.29 is 4.39 Å². The molecular formula is C11H22ClF. The fourth-order valence-corrected chi connectivity index (χ4v) is 0.917. The average Bonchev–Trinajstić information content (AvgIpc) is 2.17. The van der Waals surface area contributed by atoms with Crippen LogP contribution in [0.15, 0.2) is 12.7 Å². The van der Waals surface area contributed by atoms with Crippen LogP contribution in [0.5, 0.6) is 0 Å². The van der Waals surface area contributed by atoms with E-state index in [1.54, 1.807) is 0 Å². The molecule has 0 aliphatic carbocycles. The van der Waals surface area contributed by atoms with Gasteiger partial charge in [-0.2, -0.15) is 0 Å². The van der Waals surface area contributed by atoms with Gasteiger partial charge in [0.05, 0.1) is 6.67 Å². The third-order valence-electron chi connectivity index (χ3n) is 1.53. The number of unbranched alkanes of at least 4 members (excludes halogenated alkanes) is 4. The van der Waals surface area contributed by atoms with Crippen LogP contribution in [0.3, 0.4) is 0 Å². The zero-order valence-electron chi connectivity index (χ0n) is 8.70. The summed E-state index contributed by atoms with van der Waals surface area (Å²) < 4.78 is 11.3. The standard InChI is InChI=1S/C6H11F.C5H11Cl/c1-2-3-4-5-6-7;1-2-3-4-5-6/h2H,1,3-6H2;2-5H2,1H3. The quantitative estimate of drug-likeness (QED) is 0.323. The minimum Gasteiger partial charge on any atom is -0.251 e. The number of hydrogen-bond acceptors (Lipinski definition) is 0. The van der Waals surface area contributed by atoms with Crippen LogP contribution >= 0.6 is 11.6 Å². The van der Waals surface area contributed by atoms with Gasteiger partial charge in [0.15, 0.2) is 0 Å². The first-order valence-electron chi connectivity index (χ1n) is 5.06. The smallest absolute Gasteiger partial charge is 0.0894 e. The number of rotatable bonds is 7. The molecule has 0 aromatic carbocycles. The van der Waals surface area contributed by atoms with Crippen molar-refractivity contribution in [2.24, 2.45) is 0 Å². The van der Waals surface area contributed by atoms with Crippen LogP contribution in [-0.2, 0) is 0 Å². The van der Waals surface area contributed by atoms with E-state index in [1.807, 2.05) is 6.08 Å². The Bertz CT molecular complexity index is 80.2. The van der Waals surface area contributed by atoms with Crippen LogP contribution in [0.1, 0.15) is 45.4 Å². The molecule has 0 aromatic rings. The first kappa shape index (κ1) is 15.4. The molecule has 0 rings (SSSR count). The van der Waals surface area contributed by atoms with Crippen molar-refractivity contribution >= 4 is 11.6 Å².